The van der Waals surface area contributed by atoms with E-state index in [1.165, 1.54) is 20.9 Å². The van der Waals surface area contributed by atoms with Crippen molar-refractivity contribution in [2.24, 2.45) is 0 Å². The molecule has 4 aliphatic heterocycles. The van der Waals surface area contributed by atoms with E-state index < -0.39 is 34.9 Å². The van der Waals surface area contributed by atoms with Gasteiger partial charge in [0.05, 0.1) is 0 Å². The fourth-order valence-corrected chi connectivity index (χ4v) is 6.49. The van der Waals surface area contributed by atoms with Crippen molar-refractivity contribution in [1.82, 2.24) is 10.2 Å². The van der Waals surface area contributed by atoms with Crippen molar-refractivity contribution >= 4 is 35.1 Å². The number of carboxylic acid groups (broad SMARTS) is 1. The largest absolute Gasteiger partial charge is 0.479 e. The highest BCUT2D eigenvalue weighted by molar-refractivity contribution is 6.16. The van der Waals surface area contributed by atoms with Crippen LogP contribution < -0.4 is 15.1 Å². The molecule has 8 rings (SSSR count). The third-order valence-electron chi connectivity index (χ3n) is 9.31. The summed E-state index contributed by atoms with van der Waals surface area (Å²) in [7, 11) is 0. The lowest BCUT2D eigenvalue weighted by Gasteiger charge is -2.26. The molecule has 4 aromatic rings. The number of amides is 3. The molecule has 0 aromatic heterocycles. The minimum absolute atomic E-state index is 0.0872. The molecule has 49 heavy (non-hydrogen) atoms. The van der Waals surface area contributed by atoms with E-state index in [-0.39, 0.29) is 19.4 Å². The predicted octanol–water partition coefficient (Wildman–Crippen LogP) is 3.23. The summed E-state index contributed by atoms with van der Waals surface area (Å²) in [6.45, 7) is 3.54. The van der Waals surface area contributed by atoms with Gasteiger partial charge in [0.15, 0.2) is 0 Å². The lowest BCUT2D eigenvalue weighted by Crippen LogP contribution is -2.52. The first kappa shape index (κ1) is 33.5. The van der Waals surface area contributed by atoms with Crippen molar-refractivity contribution in [3.8, 4) is 0 Å². The second kappa shape index (κ2) is 14.0. The van der Waals surface area contributed by atoms with E-state index in [4.69, 9.17) is 5.11 Å². The van der Waals surface area contributed by atoms with Crippen molar-refractivity contribution in [3.63, 3.8) is 0 Å². The number of carboxylic acids is 1. The molecule has 0 spiro atoms. The molecule has 4 N–H and O–H groups in total. The number of hydrogen-bond acceptors (Lipinski definition) is 7. The molecule has 4 aromatic carbocycles. The zero-order valence-electron chi connectivity index (χ0n) is 26.9. The zero-order chi connectivity index (χ0) is 34.6. The van der Waals surface area contributed by atoms with Gasteiger partial charge in [-0.25, -0.2) is 4.79 Å². The number of carbonyl (C=O) groups excluding carboxylic acids is 3. The van der Waals surface area contributed by atoms with Gasteiger partial charge in [0.2, 0.25) is 11.2 Å². The van der Waals surface area contributed by atoms with Crippen LogP contribution in [-0.2, 0) is 45.4 Å². The summed E-state index contributed by atoms with van der Waals surface area (Å²) < 4.78 is 0. The van der Waals surface area contributed by atoms with Crippen LogP contribution in [0.25, 0.3) is 0 Å². The number of hydrogen-bond donors (Lipinski definition) is 4. The Kier molecular flexibility index (Phi) is 9.59. The van der Waals surface area contributed by atoms with Crippen LogP contribution >= 0.6 is 0 Å². The molecule has 11 nitrogen and oxygen atoms in total. The average molecular weight is 663 g/mol. The predicted molar refractivity (Wildman–Crippen MR) is 182 cm³/mol. The highest BCUT2D eigenvalue weighted by Crippen LogP contribution is 2.33. The molecule has 2 fully saturated rings. The van der Waals surface area contributed by atoms with E-state index in [2.05, 4.69) is 29.6 Å². The van der Waals surface area contributed by atoms with Gasteiger partial charge < -0.3 is 35.3 Å². The van der Waals surface area contributed by atoms with Gasteiger partial charge in [0, 0.05) is 63.5 Å². The summed E-state index contributed by atoms with van der Waals surface area (Å²) >= 11 is 0. The van der Waals surface area contributed by atoms with Crippen LogP contribution in [0.2, 0.25) is 0 Å². The minimum Gasteiger partial charge on any atom is -0.479 e. The summed E-state index contributed by atoms with van der Waals surface area (Å²) in [6.07, 6.45) is 0.0302. The number of carbonyl (C=O) groups is 4. The number of aliphatic hydroxyl groups is 2. The lowest BCUT2D eigenvalue weighted by molar-refractivity contribution is -0.162. The van der Waals surface area contributed by atoms with Crippen LogP contribution in [-0.4, -0.2) is 68.2 Å². The van der Waals surface area contributed by atoms with Gasteiger partial charge in [-0.1, -0.05) is 84.9 Å². The molecule has 2 atom stereocenters. The molecule has 0 saturated carbocycles. The quantitative estimate of drug-likeness (QED) is 0.244. The number of nitrogens with zero attached hydrogens (tertiary/aromatic N) is 3. The molecule has 2 saturated heterocycles. The number of aliphatic carboxylic acids is 1. The Hall–Kier alpha value is -5.36. The molecule has 252 valence electrons. The Morgan fingerprint density at radius 1 is 0.571 bits per heavy atom. The maximum atomic E-state index is 12.9. The fourth-order valence-electron chi connectivity index (χ4n) is 6.49. The normalized spacial score (nSPS) is 22.1. The van der Waals surface area contributed by atoms with Crippen LogP contribution in [0.1, 0.15) is 35.1 Å². The zero-order valence-corrected chi connectivity index (χ0v) is 26.9. The van der Waals surface area contributed by atoms with Gasteiger partial charge in [-0.05, 0) is 46.5 Å². The van der Waals surface area contributed by atoms with Crippen molar-refractivity contribution in [2.75, 3.05) is 22.9 Å². The van der Waals surface area contributed by atoms with Gasteiger partial charge in [0.25, 0.3) is 17.7 Å². The fraction of sp³-hybridized carbons (Fsp3) is 0.263. The Morgan fingerprint density at radius 3 is 1.39 bits per heavy atom. The van der Waals surface area contributed by atoms with Crippen LogP contribution in [0.3, 0.4) is 0 Å². The first-order valence-corrected chi connectivity index (χ1v) is 16.2. The molecule has 0 bridgehead atoms. The Balaban J connectivity index is 0.000000142. The molecule has 2 unspecified atom stereocenters. The standard InChI is InChI=1S/C19H18N2O3.C11H11NO4.C8H9N/c22-17(20-12-14-6-4-5-7-15(14)13-20)19(24)10-11-21(18(19)23)16-8-2-1-3-9-16;13-9-11(16,10(14)15)6-7-12(9)8-4-2-1-3-5-8;1-2-4-8-6-9-5-7(8)3-1/h1-9,24H,10-13H2;1-5,16H,6-7H2,(H,14,15);1-4,9H,5-6H2. The third kappa shape index (κ3) is 6.68. The number of rotatable bonds is 4. The van der Waals surface area contributed by atoms with E-state index in [0.717, 1.165) is 24.2 Å². The monoisotopic (exact) mass is 662 g/mol. The van der Waals surface area contributed by atoms with E-state index in [0.29, 0.717) is 31.0 Å². The summed E-state index contributed by atoms with van der Waals surface area (Å²) in [5.41, 5.74) is 2.13. The smallest absolute Gasteiger partial charge is 0.345 e. The van der Waals surface area contributed by atoms with Crippen molar-refractivity contribution in [2.45, 2.75) is 50.2 Å². The van der Waals surface area contributed by atoms with Crippen molar-refractivity contribution in [1.29, 1.82) is 0 Å². The maximum Gasteiger partial charge on any atom is 0.345 e. The molecule has 3 amide bonds. The topological polar surface area (TPSA) is 151 Å². The first-order valence-electron chi connectivity index (χ1n) is 16.2. The number of anilines is 2. The van der Waals surface area contributed by atoms with Gasteiger partial charge in [-0.15, -0.1) is 0 Å². The maximum absolute atomic E-state index is 12.9. The van der Waals surface area contributed by atoms with Crippen molar-refractivity contribution in [3.05, 3.63) is 131 Å². The molecule has 11 heteroatoms. The van der Waals surface area contributed by atoms with Gasteiger partial charge >= 0.3 is 5.97 Å². The highest BCUT2D eigenvalue weighted by Gasteiger charge is 2.54. The van der Waals surface area contributed by atoms with Crippen molar-refractivity contribution < 1.29 is 34.5 Å². The first-order chi connectivity index (χ1) is 23.6. The van der Waals surface area contributed by atoms with E-state index in [1.54, 1.807) is 47.4 Å². The molecular weight excluding hydrogens is 624 g/mol. The SMILES string of the molecule is O=C(N1Cc2ccccc2C1)C1(O)CCN(c2ccccc2)C1=O.O=C(O)C1(O)CCN(c2ccccc2)C1=O.c1ccc2c(c1)CNC2. The summed E-state index contributed by atoms with van der Waals surface area (Å²) in [5, 5.41) is 32.6. The molecule has 4 heterocycles. The van der Waals surface area contributed by atoms with E-state index >= 15 is 0 Å². The summed E-state index contributed by atoms with van der Waals surface area (Å²) in [5.74, 6) is -3.29. The Labute approximate surface area is 284 Å². The second-order valence-electron chi connectivity index (χ2n) is 12.4. The summed E-state index contributed by atoms with van der Waals surface area (Å²) in [4.78, 5) is 52.5. The average Bonchev–Trinajstić information content (AvgIpc) is 3.92. The molecule has 0 radical (unpaired) electrons. The van der Waals surface area contributed by atoms with Crippen LogP contribution in [0.5, 0.6) is 0 Å². The van der Waals surface area contributed by atoms with Gasteiger partial charge in [0.1, 0.15) is 0 Å². The Bertz CT molecular complexity index is 1810. The number of para-hydroxylation sites is 2. The van der Waals surface area contributed by atoms with Crippen LogP contribution in [0, 0.1) is 0 Å². The van der Waals surface area contributed by atoms with Crippen LogP contribution in [0.4, 0.5) is 11.4 Å². The number of nitrogens with one attached hydrogen (secondary N) is 1. The van der Waals surface area contributed by atoms with Crippen LogP contribution in [0.15, 0.2) is 109 Å². The second-order valence-corrected chi connectivity index (χ2v) is 12.4. The van der Waals surface area contributed by atoms with Gasteiger partial charge in [-0.2, -0.15) is 0 Å². The van der Waals surface area contributed by atoms with E-state index in [1.807, 2.05) is 42.5 Å². The third-order valence-corrected chi connectivity index (χ3v) is 9.31. The van der Waals surface area contributed by atoms with Gasteiger partial charge in [-0.3, -0.25) is 14.4 Å². The molecule has 4 aliphatic rings. The molecule has 0 aliphatic carbocycles. The minimum atomic E-state index is -2.27. The van der Waals surface area contributed by atoms with E-state index in [9.17, 15) is 29.4 Å². The lowest BCUT2D eigenvalue weighted by atomic mass is 10.0. The highest BCUT2D eigenvalue weighted by atomic mass is 16.4. The Morgan fingerprint density at radius 2 is 0.959 bits per heavy atom. The molecular formula is C38H38N4O7. The number of fused-ring (bicyclic) bond motifs is 2. The summed E-state index contributed by atoms with van der Waals surface area (Å²) in [6, 6.07) is 34.2. The number of benzene rings is 4.